The summed E-state index contributed by atoms with van der Waals surface area (Å²) in [6.07, 6.45) is -2.57. The van der Waals surface area contributed by atoms with Gasteiger partial charge >= 0.3 is 12.1 Å². The summed E-state index contributed by atoms with van der Waals surface area (Å²) in [6.45, 7) is 1.50. The second-order valence-electron chi connectivity index (χ2n) is 8.74. The Kier molecular flexibility index (Phi) is 8.73. The van der Waals surface area contributed by atoms with Gasteiger partial charge in [-0.2, -0.15) is 13.2 Å². The Morgan fingerprint density at radius 1 is 1.22 bits per heavy atom. The summed E-state index contributed by atoms with van der Waals surface area (Å²) >= 11 is 0. The van der Waals surface area contributed by atoms with E-state index in [0.717, 1.165) is 19.4 Å². The zero-order valence-electron chi connectivity index (χ0n) is 20.0. The van der Waals surface area contributed by atoms with Gasteiger partial charge in [0.05, 0.1) is 6.54 Å². The molecular formula is C23H27F3N4O7. The van der Waals surface area contributed by atoms with Crippen LogP contribution in [0.2, 0.25) is 0 Å². The Morgan fingerprint density at radius 3 is 2.54 bits per heavy atom. The Labute approximate surface area is 209 Å². The number of amides is 4. The molecule has 0 aromatic heterocycles. The number of carbonyl (C=O) groups excluding carboxylic acids is 4. The molecule has 2 unspecified atom stereocenters. The van der Waals surface area contributed by atoms with Gasteiger partial charge in [0, 0.05) is 36.7 Å². The molecule has 1 aromatic carbocycles. The minimum absolute atomic E-state index is 0.0843. The molecule has 0 saturated carbocycles. The number of hydrogen-bond donors (Lipinski definition) is 3. The first-order chi connectivity index (χ1) is 17.4. The van der Waals surface area contributed by atoms with Gasteiger partial charge in [0.1, 0.15) is 11.8 Å². The highest BCUT2D eigenvalue weighted by Crippen LogP contribution is 2.33. The maximum Gasteiger partial charge on any atom is 0.490 e. The van der Waals surface area contributed by atoms with E-state index >= 15 is 0 Å². The number of carboxylic acid groups (broad SMARTS) is 1. The SMILES string of the molecule is CNC1CCCN(C(=O)COc2cccc3c2CN(C2CCC(=O)NC2=O)C3=O)C1.O=C(O)C(F)(F)F. The lowest BCUT2D eigenvalue weighted by Gasteiger charge is -2.32. The van der Waals surface area contributed by atoms with E-state index in [4.69, 9.17) is 14.6 Å². The number of likely N-dealkylation sites (N-methyl/N-ethyl adjacent to an activating group) is 1. The highest BCUT2D eigenvalue weighted by atomic mass is 19.4. The first kappa shape index (κ1) is 27.9. The number of alkyl halides is 3. The molecule has 0 bridgehead atoms. The maximum atomic E-state index is 12.9. The molecule has 2 saturated heterocycles. The van der Waals surface area contributed by atoms with Crippen LogP contribution < -0.4 is 15.4 Å². The van der Waals surface area contributed by atoms with Crippen molar-refractivity contribution < 1.29 is 47.0 Å². The third kappa shape index (κ3) is 6.76. The maximum absolute atomic E-state index is 12.9. The summed E-state index contributed by atoms with van der Waals surface area (Å²) in [4.78, 5) is 61.2. The van der Waals surface area contributed by atoms with Crippen molar-refractivity contribution in [3.63, 3.8) is 0 Å². The molecule has 3 aliphatic heterocycles. The smallest absolute Gasteiger partial charge is 0.483 e. The van der Waals surface area contributed by atoms with E-state index in [0.29, 0.717) is 35.9 Å². The number of piperidine rings is 2. The molecule has 3 aliphatic rings. The van der Waals surface area contributed by atoms with Crippen molar-refractivity contribution in [3.05, 3.63) is 29.3 Å². The van der Waals surface area contributed by atoms with Gasteiger partial charge in [-0.15, -0.1) is 0 Å². The second-order valence-corrected chi connectivity index (χ2v) is 8.74. The molecule has 0 spiro atoms. The van der Waals surface area contributed by atoms with Gasteiger partial charge < -0.3 is 25.0 Å². The minimum Gasteiger partial charge on any atom is -0.483 e. The van der Waals surface area contributed by atoms with Crippen molar-refractivity contribution >= 4 is 29.6 Å². The number of halogens is 3. The number of carbonyl (C=O) groups is 5. The number of nitrogens with zero attached hydrogens (tertiary/aromatic N) is 2. The van der Waals surface area contributed by atoms with Crippen molar-refractivity contribution in [2.45, 2.75) is 50.5 Å². The number of likely N-dealkylation sites (tertiary alicyclic amines) is 1. The van der Waals surface area contributed by atoms with Crippen LogP contribution in [0.15, 0.2) is 18.2 Å². The summed E-state index contributed by atoms with van der Waals surface area (Å²) < 4.78 is 37.6. The molecule has 4 amide bonds. The molecule has 3 N–H and O–H groups in total. The molecule has 1 aromatic rings. The van der Waals surface area contributed by atoms with E-state index in [1.165, 1.54) is 4.90 Å². The molecule has 4 rings (SSSR count). The van der Waals surface area contributed by atoms with Crippen LogP contribution in [-0.2, 0) is 25.7 Å². The lowest BCUT2D eigenvalue weighted by atomic mass is 10.0. The number of fused-ring (bicyclic) bond motifs is 1. The Hall–Kier alpha value is -3.68. The quantitative estimate of drug-likeness (QED) is 0.473. The van der Waals surface area contributed by atoms with E-state index in [1.54, 1.807) is 23.1 Å². The molecule has 2 atom stereocenters. The van der Waals surface area contributed by atoms with Crippen LogP contribution in [0.3, 0.4) is 0 Å². The van der Waals surface area contributed by atoms with Crippen LogP contribution in [0.25, 0.3) is 0 Å². The van der Waals surface area contributed by atoms with Crippen LogP contribution in [0.4, 0.5) is 13.2 Å². The fourth-order valence-electron chi connectivity index (χ4n) is 4.36. The van der Waals surface area contributed by atoms with Gasteiger partial charge in [-0.05, 0) is 38.4 Å². The Balaban J connectivity index is 0.000000479. The standard InChI is InChI=1S/C21H26N4O5.C2HF3O2/c1-22-13-4-3-9-24(10-13)19(27)12-30-17-6-2-5-14-15(17)11-25(21(14)29)16-7-8-18(26)23-20(16)28;3-2(4,5)1(6)7/h2,5-6,13,16,22H,3-4,7-12H2,1H3,(H,23,26,28);(H,6,7). The fourth-order valence-corrected chi connectivity index (χ4v) is 4.36. The van der Waals surface area contributed by atoms with Crippen LogP contribution in [-0.4, -0.2) is 89.5 Å². The monoisotopic (exact) mass is 528 g/mol. The Morgan fingerprint density at radius 2 is 1.92 bits per heavy atom. The molecule has 3 heterocycles. The highest BCUT2D eigenvalue weighted by molar-refractivity contribution is 6.05. The van der Waals surface area contributed by atoms with Gasteiger partial charge in [-0.1, -0.05) is 6.07 Å². The topological polar surface area (TPSA) is 145 Å². The third-order valence-corrected chi connectivity index (χ3v) is 6.32. The van der Waals surface area contributed by atoms with Gasteiger partial charge in [0.15, 0.2) is 6.61 Å². The van der Waals surface area contributed by atoms with E-state index in [2.05, 4.69) is 10.6 Å². The third-order valence-electron chi connectivity index (χ3n) is 6.32. The molecule has 11 nitrogen and oxygen atoms in total. The van der Waals surface area contributed by atoms with E-state index in [9.17, 15) is 32.3 Å². The number of carboxylic acids is 1. The molecule has 14 heteroatoms. The van der Waals surface area contributed by atoms with Crippen molar-refractivity contribution in [1.82, 2.24) is 20.4 Å². The lowest BCUT2D eigenvalue weighted by molar-refractivity contribution is -0.192. The number of rotatable bonds is 5. The highest BCUT2D eigenvalue weighted by Gasteiger charge is 2.40. The summed E-state index contributed by atoms with van der Waals surface area (Å²) in [7, 11) is 1.90. The van der Waals surface area contributed by atoms with Crippen molar-refractivity contribution in [2.24, 2.45) is 0 Å². The second kappa shape index (κ2) is 11.6. The van der Waals surface area contributed by atoms with Gasteiger partial charge in [0.2, 0.25) is 11.8 Å². The molecule has 0 radical (unpaired) electrons. The number of aliphatic carboxylic acids is 1. The molecule has 202 valence electrons. The first-order valence-electron chi connectivity index (χ1n) is 11.6. The number of ether oxygens (including phenoxy) is 1. The minimum atomic E-state index is -5.08. The average molecular weight is 528 g/mol. The van der Waals surface area contributed by atoms with Crippen molar-refractivity contribution in [2.75, 3.05) is 26.7 Å². The van der Waals surface area contributed by atoms with Crippen molar-refractivity contribution in [3.8, 4) is 5.75 Å². The van der Waals surface area contributed by atoms with Crippen LogP contribution in [0.5, 0.6) is 5.75 Å². The molecule has 0 aliphatic carbocycles. The molecule has 37 heavy (non-hydrogen) atoms. The number of benzene rings is 1. The van der Waals surface area contributed by atoms with E-state index in [1.807, 2.05) is 7.05 Å². The number of hydrogen-bond acceptors (Lipinski definition) is 7. The largest absolute Gasteiger partial charge is 0.490 e. The normalized spacial score (nSPS) is 21.6. The van der Waals surface area contributed by atoms with Crippen LogP contribution >= 0.6 is 0 Å². The lowest BCUT2D eigenvalue weighted by Crippen LogP contribution is -2.52. The molecular weight excluding hydrogens is 501 g/mol. The predicted molar refractivity (Wildman–Crippen MR) is 120 cm³/mol. The zero-order chi connectivity index (χ0) is 27.3. The van der Waals surface area contributed by atoms with Crippen LogP contribution in [0, 0.1) is 0 Å². The zero-order valence-corrected chi connectivity index (χ0v) is 20.0. The summed E-state index contributed by atoms with van der Waals surface area (Å²) in [5.74, 6) is -3.39. The number of nitrogens with one attached hydrogen (secondary N) is 2. The first-order valence-corrected chi connectivity index (χ1v) is 11.6. The van der Waals surface area contributed by atoms with E-state index in [-0.39, 0.29) is 37.3 Å². The Bertz CT molecular complexity index is 1080. The van der Waals surface area contributed by atoms with E-state index < -0.39 is 24.1 Å². The van der Waals surface area contributed by atoms with Gasteiger partial charge in [0.25, 0.3) is 11.8 Å². The predicted octanol–water partition coefficient (Wildman–Crippen LogP) is 0.670. The van der Waals surface area contributed by atoms with Gasteiger partial charge in [-0.3, -0.25) is 24.5 Å². The summed E-state index contributed by atoms with van der Waals surface area (Å²) in [5, 5.41) is 12.6. The van der Waals surface area contributed by atoms with Gasteiger partial charge in [-0.25, -0.2) is 4.79 Å². The molecule has 2 fully saturated rings. The summed E-state index contributed by atoms with van der Waals surface area (Å²) in [5.41, 5.74) is 1.14. The van der Waals surface area contributed by atoms with Crippen LogP contribution in [0.1, 0.15) is 41.6 Å². The van der Waals surface area contributed by atoms with Crippen molar-refractivity contribution in [1.29, 1.82) is 0 Å². The average Bonchev–Trinajstić information content (AvgIpc) is 3.19. The summed E-state index contributed by atoms with van der Waals surface area (Å²) in [6, 6.07) is 4.76. The number of imide groups is 1. The fraction of sp³-hybridized carbons (Fsp3) is 0.522.